The first kappa shape index (κ1) is 14.9. The molecule has 0 amide bonds. The van der Waals surface area contributed by atoms with E-state index in [1.54, 1.807) is 18.2 Å². The maximum Gasteiger partial charge on any atom is 0.177 e. The number of hydrogen-bond donors (Lipinski definition) is 1. The van der Waals surface area contributed by atoms with Crippen LogP contribution in [0, 0.1) is 6.92 Å². The van der Waals surface area contributed by atoms with Gasteiger partial charge < -0.3 is 10.5 Å². The Hall–Kier alpha value is -1.53. The highest BCUT2D eigenvalue weighted by Crippen LogP contribution is 2.35. The van der Waals surface area contributed by atoms with Gasteiger partial charge in [-0.05, 0) is 52.7 Å². The van der Waals surface area contributed by atoms with Crippen molar-refractivity contribution in [1.82, 2.24) is 0 Å². The van der Waals surface area contributed by atoms with E-state index >= 15 is 0 Å². The van der Waals surface area contributed by atoms with Gasteiger partial charge in [0.1, 0.15) is 5.75 Å². The molecule has 0 unspecified atom stereocenters. The number of para-hydroxylation sites is 1. The zero-order chi connectivity index (χ0) is 14.9. The summed E-state index contributed by atoms with van der Waals surface area (Å²) in [6.07, 6.45) is 1.12. The van der Waals surface area contributed by atoms with E-state index in [1.807, 2.05) is 19.1 Å². The van der Waals surface area contributed by atoms with Gasteiger partial charge in [0.25, 0.3) is 0 Å². The van der Waals surface area contributed by atoms with E-state index in [2.05, 4.69) is 15.9 Å². The molecule has 0 spiro atoms. The zero-order valence-corrected chi connectivity index (χ0v) is 13.5. The van der Waals surface area contributed by atoms with Crippen molar-refractivity contribution in [2.24, 2.45) is 0 Å². The fourth-order valence-electron chi connectivity index (χ4n) is 1.74. The van der Waals surface area contributed by atoms with Gasteiger partial charge in [-0.2, -0.15) is 0 Å². The Morgan fingerprint density at radius 3 is 2.45 bits per heavy atom. The summed E-state index contributed by atoms with van der Waals surface area (Å²) in [6.45, 7) is 1.97. The van der Waals surface area contributed by atoms with Gasteiger partial charge in [0.2, 0.25) is 0 Å². The zero-order valence-electron chi connectivity index (χ0n) is 11.1. The molecule has 0 atom stereocenters. The normalized spacial score (nSPS) is 11.3. The van der Waals surface area contributed by atoms with Gasteiger partial charge in [-0.1, -0.05) is 12.1 Å². The molecule has 0 aromatic heterocycles. The predicted octanol–water partition coefficient (Wildman–Crippen LogP) is 3.54. The average Bonchev–Trinajstić information content (AvgIpc) is 2.33. The number of sulfone groups is 1. The van der Waals surface area contributed by atoms with Gasteiger partial charge >= 0.3 is 0 Å². The van der Waals surface area contributed by atoms with Gasteiger partial charge in [-0.3, -0.25) is 0 Å². The Morgan fingerprint density at radius 1 is 1.15 bits per heavy atom. The van der Waals surface area contributed by atoms with Gasteiger partial charge in [0, 0.05) is 6.26 Å². The second-order valence-electron chi connectivity index (χ2n) is 4.48. The van der Waals surface area contributed by atoms with Crippen LogP contribution in [0.25, 0.3) is 0 Å². The van der Waals surface area contributed by atoms with Crippen molar-refractivity contribution < 1.29 is 13.2 Å². The molecule has 20 heavy (non-hydrogen) atoms. The van der Waals surface area contributed by atoms with Crippen LogP contribution in [0.2, 0.25) is 0 Å². The van der Waals surface area contributed by atoms with Crippen LogP contribution in [-0.2, 0) is 9.84 Å². The lowest BCUT2D eigenvalue weighted by Crippen LogP contribution is -2.03. The lowest BCUT2D eigenvalue weighted by atomic mass is 10.2. The number of nitrogen functional groups attached to an aromatic ring is 1. The van der Waals surface area contributed by atoms with E-state index in [0.717, 1.165) is 16.3 Å². The molecular weight excluding hydrogens is 342 g/mol. The molecule has 0 radical (unpaired) electrons. The Morgan fingerprint density at radius 2 is 1.85 bits per heavy atom. The number of hydrogen-bond acceptors (Lipinski definition) is 4. The summed E-state index contributed by atoms with van der Waals surface area (Å²) in [4.78, 5) is 0.0678. The van der Waals surface area contributed by atoms with E-state index in [4.69, 9.17) is 10.5 Å². The third-order valence-corrected chi connectivity index (χ3v) is 4.51. The van der Waals surface area contributed by atoms with Crippen molar-refractivity contribution in [3.05, 3.63) is 46.4 Å². The van der Waals surface area contributed by atoms with Crippen molar-refractivity contribution >= 4 is 31.5 Å². The van der Waals surface area contributed by atoms with E-state index in [-0.39, 0.29) is 10.6 Å². The van der Waals surface area contributed by atoms with Gasteiger partial charge in [-0.25, -0.2) is 8.42 Å². The quantitative estimate of drug-likeness (QED) is 0.854. The minimum atomic E-state index is -3.38. The van der Waals surface area contributed by atoms with Crippen molar-refractivity contribution in [1.29, 1.82) is 0 Å². The fourth-order valence-corrected chi connectivity index (χ4v) is 3.14. The maximum absolute atomic E-state index is 11.6. The monoisotopic (exact) mass is 355 g/mol. The summed E-state index contributed by atoms with van der Waals surface area (Å²) in [5.74, 6) is 0.894. The maximum atomic E-state index is 11.6. The van der Waals surface area contributed by atoms with Crippen LogP contribution in [0.15, 0.2) is 45.8 Å². The summed E-state index contributed by atoms with van der Waals surface area (Å²) >= 11 is 3.40. The standard InChI is InChI=1S/C14H14BrNO3S/c1-9-6-7-11(10(15)8-9)19-12-4-3-5-13(14(12)16)20(2,17)18/h3-8H,16H2,1-2H3. The first-order valence-electron chi connectivity index (χ1n) is 5.81. The summed E-state index contributed by atoms with van der Waals surface area (Å²) in [5.41, 5.74) is 7.08. The minimum absolute atomic E-state index is 0.0678. The Bertz CT molecular complexity index is 757. The van der Waals surface area contributed by atoms with E-state index in [1.165, 1.54) is 6.07 Å². The number of halogens is 1. The molecule has 6 heteroatoms. The van der Waals surface area contributed by atoms with Gasteiger partial charge in [0.15, 0.2) is 15.6 Å². The average molecular weight is 356 g/mol. The number of benzene rings is 2. The van der Waals surface area contributed by atoms with Gasteiger partial charge in [-0.15, -0.1) is 0 Å². The topological polar surface area (TPSA) is 69.4 Å². The van der Waals surface area contributed by atoms with Gasteiger partial charge in [0.05, 0.1) is 15.1 Å². The number of anilines is 1. The van der Waals surface area contributed by atoms with Crippen molar-refractivity contribution in [2.75, 3.05) is 12.0 Å². The summed E-state index contributed by atoms with van der Waals surface area (Å²) in [5, 5.41) is 0. The van der Waals surface area contributed by atoms with Crippen molar-refractivity contribution in [3.8, 4) is 11.5 Å². The molecule has 0 fully saturated rings. The third kappa shape index (κ3) is 3.13. The molecule has 2 aromatic carbocycles. The molecule has 0 bridgehead atoms. The fraction of sp³-hybridized carbons (Fsp3) is 0.143. The van der Waals surface area contributed by atoms with E-state index in [0.29, 0.717) is 11.5 Å². The number of aryl methyl sites for hydroxylation is 1. The smallest absolute Gasteiger partial charge is 0.177 e. The molecule has 2 rings (SSSR count). The van der Waals surface area contributed by atoms with Crippen LogP contribution in [0.5, 0.6) is 11.5 Å². The highest BCUT2D eigenvalue weighted by molar-refractivity contribution is 9.10. The van der Waals surface area contributed by atoms with E-state index < -0.39 is 9.84 Å². The predicted molar refractivity (Wildman–Crippen MR) is 82.9 cm³/mol. The lowest BCUT2D eigenvalue weighted by Gasteiger charge is -2.12. The summed E-state index contributed by atoms with van der Waals surface area (Å²) < 4.78 is 29.7. The Kier molecular flexibility index (Phi) is 4.06. The van der Waals surface area contributed by atoms with Crippen molar-refractivity contribution in [3.63, 3.8) is 0 Å². The first-order chi connectivity index (χ1) is 9.29. The second-order valence-corrected chi connectivity index (χ2v) is 7.31. The molecule has 0 heterocycles. The van der Waals surface area contributed by atoms with Crippen LogP contribution in [-0.4, -0.2) is 14.7 Å². The highest BCUT2D eigenvalue weighted by atomic mass is 79.9. The molecule has 0 aliphatic carbocycles. The Balaban J connectivity index is 2.45. The molecule has 4 nitrogen and oxygen atoms in total. The highest BCUT2D eigenvalue weighted by Gasteiger charge is 2.16. The minimum Gasteiger partial charge on any atom is -0.454 e. The Labute approximate surface area is 126 Å². The largest absolute Gasteiger partial charge is 0.454 e. The van der Waals surface area contributed by atoms with E-state index in [9.17, 15) is 8.42 Å². The molecular formula is C14H14BrNO3S. The third-order valence-electron chi connectivity index (χ3n) is 2.73. The molecule has 0 saturated carbocycles. The molecule has 0 aliphatic rings. The molecule has 2 N–H and O–H groups in total. The van der Waals surface area contributed by atoms with Crippen LogP contribution in [0.1, 0.15) is 5.56 Å². The number of ether oxygens (including phenoxy) is 1. The SMILES string of the molecule is Cc1ccc(Oc2cccc(S(C)(=O)=O)c2N)c(Br)c1. The summed E-state index contributed by atoms with van der Waals surface area (Å²) in [7, 11) is -3.38. The van der Waals surface area contributed by atoms with Crippen LogP contribution >= 0.6 is 15.9 Å². The number of nitrogens with two attached hydrogens (primary N) is 1. The summed E-state index contributed by atoms with van der Waals surface area (Å²) in [6, 6.07) is 10.3. The van der Waals surface area contributed by atoms with Crippen molar-refractivity contribution in [2.45, 2.75) is 11.8 Å². The molecule has 2 aromatic rings. The lowest BCUT2D eigenvalue weighted by molar-refractivity contribution is 0.480. The van der Waals surface area contributed by atoms with Crippen LogP contribution in [0.4, 0.5) is 5.69 Å². The van der Waals surface area contributed by atoms with Crippen LogP contribution < -0.4 is 10.5 Å². The first-order valence-corrected chi connectivity index (χ1v) is 8.50. The molecule has 0 saturated heterocycles. The molecule has 106 valence electrons. The number of rotatable bonds is 3. The second kappa shape index (κ2) is 5.46. The van der Waals surface area contributed by atoms with Crippen LogP contribution in [0.3, 0.4) is 0 Å². The molecule has 0 aliphatic heterocycles.